The first-order valence-electron chi connectivity index (χ1n) is 10.4. The quantitative estimate of drug-likeness (QED) is 0.356. The Labute approximate surface area is 203 Å². The SMILES string of the molecule is COc1ccccc1N(C)S(=O)(=O)c1ccc(C(=O)OCC(=O)Nc2ccccc2C(C)=O)cc1. The number of nitrogens with one attached hydrogen (secondary N) is 1. The molecular weight excluding hydrogens is 472 g/mol. The standard InChI is InChI=1S/C25H24N2O7S/c1-17(28)20-8-4-5-9-21(20)26-24(29)16-34-25(30)18-12-14-19(15-13-18)35(31,32)27(2)22-10-6-7-11-23(22)33-3/h4-15H,16H2,1-3H3,(H,26,29). The van der Waals surface area contributed by atoms with Crippen LogP contribution in [0.2, 0.25) is 0 Å². The number of carbonyl (C=O) groups is 3. The molecule has 3 aromatic carbocycles. The van der Waals surface area contributed by atoms with E-state index in [1.807, 2.05) is 0 Å². The largest absolute Gasteiger partial charge is 0.495 e. The zero-order chi connectivity index (χ0) is 25.6. The Hall–Kier alpha value is -4.18. The normalized spacial score (nSPS) is 10.8. The summed E-state index contributed by atoms with van der Waals surface area (Å²) < 4.78 is 37.4. The maximum atomic E-state index is 13.0. The van der Waals surface area contributed by atoms with Crippen molar-refractivity contribution in [3.8, 4) is 5.75 Å². The Kier molecular flexibility index (Phi) is 7.87. The summed E-state index contributed by atoms with van der Waals surface area (Å²) in [5, 5.41) is 2.53. The lowest BCUT2D eigenvalue weighted by Gasteiger charge is -2.21. The number of hydrogen-bond acceptors (Lipinski definition) is 7. The van der Waals surface area contributed by atoms with E-state index in [1.54, 1.807) is 48.5 Å². The summed E-state index contributed by atoms with van der Waals surface area (Å²) in [6.07, 6.45) is 0. The van der Waals surface area contributed by atoms with Gasteiger partial charge in [-0.3, -0.25) is 13.9 Å². The average molecular weight is 497 g/mol. The molecule has 0 bridgehead atoms. The Morgan fingerprint density at radius 2 is 1.54 bits per heavy atom. The number of anilines is 2. The summed E-state index contributed by atoms with van der Waals surface area (Å²) in [5.74, 6) is -1.25. The van der Waals surface area contributed by atoms with Crippen LogP contribution in [0.25, 0.3) is 0 Å². The number of Topliss-reactive ketones (excluding diaryl/α,β-unsaturated/α-hetero) is 1. The number of carbonyl (C=O) groups excluding carboxylic acids is 3. The smallest absolute Gasteiger partial charge is 0.338 e. The van der Waals surface area contributed by atoms with Gasteiger partial charge < -0.3 is 14.8 Å². The van der Waals surface area contributed by atoms with Crippen molar-refractivity contribution in [3.05, 3.63) is 83.9 Å². The number of para-hydroxylation sites is 3. The number of amides is 1. The fourth-order valence-corrected chi connectivity index (χ4v) is 4.45. The maximum Gasteiger partial charge on any atom is 0.338 e. The van der Waals surface area contributed by atoms with Crippen molar-refractivity contribution in [1.29, 1.82) is 0 Å². The van der Waals surface area contributed by atoms with Gasteiger partial charge in [0.25, 0.3) is 15.9 Å². The van der Waals surface area contributed by atoms with E-state index in [4.69, 9.17) is 9.47 Å². The topological polar surface area (TPSA) is 119 Å². The number of rotatable bonds is 9. The summed E-state index contributed by atoms with van der Waals surface area (Å²) >= 11 is 0. The summed E-state index contributed by atoms with van der Waals surface area (Å²) in [6.45, 7) is 0.796. The van der Waals surface area contributed by atoms with Gasteiger partial charge in [0.2, 0.25) is 0 Å². The van der Waals surface area contributed by atoms with Crippen molar-refractivity contribution in [2.75, 3.05) is 30.4 Å². The van der Waals surface area contributed by atoms with Gasteiger partial charge in [0.15, 0.2) is 12.4 Å². The molecule has 0 aliphatic carbocycles. The molecule has 0 unspecified atom stereocenters. The first kappa shape index (κ1) is 25.4. The van der Waals surface area contributed by atoms with Crippen LogP contribution in [0.5, 0.6) is 5.75 Å². The molecule has 10 heteroatoms. The van der Waals surface area contributed by atoms with Crippen LogP contribution in [-0.2, 0) is 19.6 Å². The van der Waals surface area contributed by atoms with Gasteiger partial charge in [-0.25, -0.2) is 13.2 Å². The zero-order valence-corrected chi connectivity index (χ0v) is 20.2. The Balaban J connectivity index is 1.66. The van der Waals surface area contributed by atoms with E-state index in [-0.39, 0.29) is 16.2 Å². The van der Waals surface area contributed by atoms with Crippen molar-refractivity contribution in [3.63, 3.8) is 0 Å². The number of hydrogen-bond donors (Lipinski definition) is 1. The zero-order valence-electron chi connectivity index (χ0n) is 19.3. The molecule has 182 valence electrons. The first-order valence-corrected chi connectivity index (χ1v) is 11.9. The van der Waals surface area contributed by atoms with Crippen LogP contribution in [0.4, 0.5) is 11.4 Å². The molecule has 3 aromatic rings. The highest BCUT2D eigenvalue weighted by Crippen LogP contribution is 2.30. The van der Waals surface area contributed by atoms with Crippen molar-refractivity contribution >= 4 is 39.1 Å². The molecule has 0 spiro atoms. The highest BCUT2D eigenvalue weighted by molar-refractivity contribution is 7.92. The molecule has 0 radical (unpaired) electrons. The molecule has 0 saturated heterocycles. The van der Waals surface area contributed by atoms with Crippen LogP contribution in [0.15, 0.2) is 77.7 Å². The second-order valence-corrected chi connectivity index (χ2v) is 9.36. The van der Waals surface area contributed by atoms with Gasteiger partial charge in [-0.05, 0) is 55.5 Å². The van der Waals surface area contributed by atoms with Crippen molar-refractivity contribution in [1.82, 2.24) is 0 Å². The number of esters is 1. The lowest BCUT2D eigenvalue weighted by Crippen LogP contribution is -2.27. The fourth-order valence-electron chi connectivity index (χ4n) is 3.24. The molecule has 0 fully saturated rings. The number of benzene rings is 3. The molecule has 3 rings (SSSR count). The third kappa shape index (κ3) is 5.85. The third-order valence-corrected chi connectivity index (χ3v) is 6.87. The van der Waals surface area contributed by atoms with Crippen molar-refractivity contribution in [2.45, 2.75) is 11.8 Å². The van der Waals surface area contributed by atoms with Crippen LogP contribution >= 0.6 is 0 Å². The van der Waals surface area contributed by atoms with Crippen LogP contribution in [0.3, 0.4) is 0 Å². The van der Waals surface area contributed by atoms with Crippen molar-refractivity contribution < 1.29 is 32.3 Å². The fraction of sp³-hybridized carbons (Fsp3) is 0.160. The molecule has 9 nitrogen and oxygen atoms in total. The van der Waals surface area contributed by atoms with Gasteiger partial charge in [0.1, 0.15) is 5.75 Å². The minimum atomic E-state index is -3.93. The molecule has 35 heavy (non-hydrogen) atoms. The van der Waals surface area contributed by atoms with Crippen LogP contribution < -0.4 is 14.4 Å². The number of ether oxygens (including phenoxy) is 2. The molecule has 0 aromatic heterocycles. The summed E-state index contributed by atoms with van der Waals surface area (Å²) in [4.78, 5) is 36.1. The predicted molar refractivity (Wildman–Crippen MR) is 130 cm³/mol. The van der Waals surface area contributed by atoms with E-state index in [2.05, 4.69) is 5.32 Å². The highest BCUT2D eigenvalue weighted by atomic mass is 32.2. The Bertz CT molecular complexity index is 1350. The van der Waals surface area contributed by atoms with Gasteiger partial charge in [0.05, 0.1) is 28.9 Å². The lowest BCUT2D eigenvalue weighted by atomic mass is 10.1. The summed E-state index contributed by atoms with van der Waals surface area (Å²) in [7, 11) is -1.08. The van der Waals surface area contributed by atoms with E-state index in [0.29, 0.717) is 22.7 Å². The van der Waals surface area contributed by atoms with E-state index >= 15 is 0 Å². The minimum Gasteiger partial charge on any atom is -0.495 e. The monoisotopic (exact) mass is 496 g/mol. The molecule has 1 amide bonds. The van der Waals surface area contributed by atoms with E-state index in [0.717, 1.165) is 4.31 Å². The van der Waals surface area contributed by atoms with Crippen molar-refractivity contribution in [2.24, 2.45) is 0 Å². The van der Waals surface area contributed by atoms with Crippen LogP contribution in [-0.4, -0.2) is 46.8 Å². The predicted octanol–water partition coefficient (Wildman–Crippen LogP) is 3.52. The number of sulfonamides is 1. The number of methoxy groups -OCH3 is 1. The highest BCUT2D eigenvalue weighted by Gasteiger charge is 2.24. The number of ketones is 1. The molecule has 1 N–H and O–H groups in total. The summed E-state index contributed by atoms with van der Waals surface area (Å²) in [6, 6.07) is 18.3. The van der Waals surface area contributed by atoms with Crippen LogP contribution in [0.1, 0.15) is 27.6 Å². The third-order valence-electron chi connectivity index (χ3n) is 5.09. The molecule has 0 atom stereocenters. The molecule has 0 heterocycles. The minimum absolute atomic E-state index is 0.0407. The lowest BCUT2D eigenvalue weighted by molar-refractivity contribution is -0.119. The molecule has 0 aliphatic rings. The van der Waals surface area contributed by atoms with Gasteiger partial charge in [-0.2, -0.15) is 0 Å². The Morgan fingerprint density at radius 1 is 0.914 bits per heavy atom. The van der Waals surface area contributed by atoms with E-state index in [9.17, 15) is 22.8 Å². The van der Waals surface area contributed by atoms with E-state index in [1.165, 1.54) is 45.3 Å². The second kappa shape index (κ2) is 10.8. The van der Waals surface area contributed by atoms with Gasteiger partial charge in [-0.1, -0.05) is 24.3 Å². The maximum absolute atomic E-state index is 13.0. The Morgan fingerprint density at radius 3 is 2.20 bits per heavy atom. The second-order valence-electron chi connectivity index (χ2n) is 7.39. The number of nitrogens with zero attached hydrogens (tertiary/aromatic N) is 1. The average Bonchev–Trinajstić information content (AvgIpc) is 2.87. The molecule has 0 aliphatic heterocycles. The van der Waals surface area contributed by atoms with Gasteiger partial charge in [-0.15, -0.1) is 0 Å². The van der Waals surface area contributed by atoms with E-state index < -0.39 is 28.5 Å². The summed E-state index contributed by atoms with van der Waals surface area (Å²) in [5.41, 5.74) is 1.08. The molecular formula is C25H24N2O7S. The first-order chi connectivity index (χ1) is 16.6. The van der Waals surface area contributed by atoms with Gasteiger partial charge >= 0.3 is 5.97 Å². The van der Waals surface area contributed by atoms with Gasteiger partial charge in [0, 0.05) is 12.6 Å². The molecule has 0 saturated carbocycles. The van der Waals surface area contributed by atoms with Crippen LogP contribution in [0, 0.1) is 0 Å².